The summed E-state index contributed by atoms with van der Waals surface area (Å²) in [7, 11) is 0. The lowest BCUT2D eigenvalue weighted by molar-refractivity contribution is -0.140. The first-order valence-electron chi connectivity index (χ1n) is 31.2. The highest BCUT2D eigenvalue weighted by molar-refractivity contribution is 7.98. The number of amides is 3. The molecule has 498 valence electrons. The van der Waals surface area contributed by atoms with E-state index in [9.17, 15) is 24.0 Å². The van der Waals surface area contributed by atoms with Gasteiger partial charge in [-0.15, -0.1) is 10.2 Å². The van der Waals surface area contributed by atoms with Crippen molar-refractivity contribution in [1.29, 1.82) is 0 Å². The largest absolute Gasteiger partial charge is 0.480 e. The van der Waals surface area contributed by atoms with Crippen LogP contribution in [0.3, 0.4) is 0 Å². The normalized spacial score (nSPS) is 12.3. The highest BCUT2D eigenvalue weighted by Crippen LogP contribution is 2.31. The van der Waals surface area contributed by atoms with Gasteiger partial charge in [-0.2, -0.15) is 4.68 Å². The average molecular weight is 1350 g/mol. The van der Waals surface area contributed by atoms with Gasteiger partial charge in [0, 0.05) is 40.4 Å². The van der Waals surface area contributed by atoms with Gasteiger partial charge in [-0.1, -0.05) is 161 Å². The minimum absolute atomic E-state index is 0.202. The van der Waals surface area contributed by atoms with Crippen molar-refractivity contribution in [2.45, 2.75) is 148 Å². The summed E-state index contributed by atoms with van der Waals surface area (Å²) in [6, 6.07) is 46.7. The topological polar surface area (TPSA) is 250 Å². The molecule has 9 aromatic rings. The molecule has 0 saturated heterocycles. The van der Waals surface area contributed by atoms with Crippen LogP contribution in [0.1, 0.15) is 111 Å². The molecule has 9 rings (SSSR count). The lowest BCUT2D eigenvalue weighted by Crippen LogP contribution is -2.45. The third-order valence-corrected chi connectivity index (χ3v) is 17.1. The maximum Gasteiger partial charge on any atom is 0.431 e. The van der Waals surface area contributed by atoms with Crippen LogP contribution in [0.25, 0.3) is 10.5 Å². The molecule has 4 unspecified atom stereocenters. The lowest BCUT2D eigenvalue weighted by Gasteiger charge is -2.25. The molecule has 7 aromatic carbocycles. The van der Waals surface area contributed by atoms with Gasteiger partial charge in [0.1, 0.15) is 23.0 Å². The molecule has 3 amide bonds. The Morgan fingerprint density at radius 2 is 1.12 bits per heavy atom. The smallest absolute Gasteiger partial charge is 0.431 e. The Morgan fingerprint density at radius 1 is 0.594 bits per heavy atom. The van der Waals surface area contributed by atoms with E-state index in [1.54, 1.807) is 97.9 Å². The molecular formula is C72H77ClN12O9S2. The van der Waals surface area contributed by atoms with Crippen LogP contribution in [-0.2, 0) is 37.2 Å². The molecule has 0 aliphatic rings. The van der Waals surface area contributed by atoms with Gasteiger partial charge in [-0.25, -0.2) is 11.3 Å². The number of rotatable bonds is 29. The van der Waals surface area contributed by atoms with Crippen LogP contribution in [0.5, 0.6) is 23.0 Å². The quantitative estimate of drug-likeness (QED) is 0.0171. The zero-order valence-corrected chi connectivity index (χ0v) is 57.6. The summed E-state index contributed by atoms with van der Waals surface area (Å²) < 4.78 is 27.3. The Labute approximate surface area is 572 Å². The zero-order chi connectivity index (χ0) is 68.9. The van der Waals surface area contributed by atoms with E-state index in [1.165, 1.54) is 17.8 Å². The molecule has 2 aromatic heterocycles. The number of unbranched alkanes of at least 4 members (excludes halogenated alkanes) is 1. The number of para-hydroxylation sites is 1. The second-order valence-electron chi connectivity index (χ2n) is 23.5. The number of nitrogens with zero attached hydrogens (tertiary/aromatic N) is 9. The Morgan fingerprint density at radius 3 is 1.67 bits per heavy atom. The number of ketones is 2. The Bertz CT molecular complexity index is 4160. The van der Waals surface area contributed by atoms with Crippen molar-refractivity contribution < 1.29 is 42.9 Å². The summed E-state index contributed by atoms with van der Waals surface area (Å²) in [5, 5.41) is 34.0. The van der Waals surface area contributed by atoms with Gasteiger partial charge in [-0.05, 0) is 181 Å². The first-order chi connectivity index (χ1) is 46.1. The third-order valence-electron chi connectivity index (χ3n) is 14.8. The Kier molecular flexibility index (Phi) is 25.9. The molecule has 0 aliphatic carbocycles. The van der Waals surface area contributed by atoms with Gasteiger partial charge in [-0.3, -0.25) is 28.8 Å². The Hall–Kier alpha value is -9.89. The maximum absolute atomic E-state index is 13.7. The van der Waals surface area contributed by atoms with Gasteiger partial charge in [0.15, 0.2) is 18.0 Å². The molecule has 4 atom stereocenters. The maximum atomic E-state index is 13.7. The molecular weight excluding hydrogens is 1280 g/mol. The van der Waals surface area contributed by atoms with Crippen LogP contribution in [-0.4, -0.2) is 94.2 Å². The summed E-state index contributed by atoms with van der Waals surface area (Å²) in [4.78, 5) is 69.8. The minimum atomic E-state index is -1.49. The summed E-state index contributed by atoms with van der Waals surface area (Å²) in [5.41, 5.74) is 7.46. The standard InChI is InChI=1S/C39H41ClN6O5S.C33H36N6O4S/c1-7-32(51-33-20-13-24(2)21-25(33)3)36(48)41-27-16-19-30(40)31(22-27)42-37(49)34(35(47)39(4,5)6)50-29-17-14-26(15-18-29)23-52-38-43-44-45-46(38)28-11-9-8-10-12-28;1-6-8-19-39-33(36-37-38-39)44-21-24-10-16-27(17-11-24)42-32(34-5)30(40)25-12-14-26(15-13-25)35-31(41)28(7-2)43-29-18-9-22(3)20-23(29)4/h8-22,32,34H,7,23H2,1-6H3,(H,41,48)(H,42,49);9-18,20,28,32H,6-8,19,21H2,1-4H3,(H,35,41). The molecule has 3 N–H and O–H groups in total. The average Bonchev–Trinajstić information content (AvgIpc) is 1.11. The molecule has 0 radical (unpaired) electrons. The van der Waals surface area contributed by atoms with E-state index >= 15 is 0 Å². The van der Waals surface area contributed by atoms with Crippen LogP contribution in [0.4, 0.5) is 17.1 Å². The van der Waals surface area contributed by atoms with Crippen molar-refractivity contribution in [3.05, 3.63) is 213 Å². The van der Waals surface area contributed by atoms with Crippen molar-refractivity contribution in [3.63, 3.8) is 0 Å². The fraction of sp³-hybridized carbons (Fsp3) is 0.306. The van der Waals surface area contributed by atoms with Gasteiger partial charge in [0.2, 0.25) is 16.4 Å². The van der Waals surface area contributed by atoms with Crippen molar-refractivity contribution in [2.75, 3.05) is 16.0 Å². The molecule has 0 bridgehead atoms. The van der Waals surface area contributed by atoms with Gasteiger partial charge in [0.25, 0.3) is 23.5 Å². The number of benzene rings is 7. The number of aryl methyl sites for hydroxylation is 5. The zero-order valence-electron chi connectivity index (χ0n) is 55.2. The van der Waals surface area contributed by atoms with E-state index in [0.717, 1.165) is 63.6 Å². The number of anilines is 3. The van der Waals surface area contributed by atoms with Crippen LogP contribution in [0, 0.1) is 39.7 Å². The van der Waals surface area contributed by atoms with Crippen LogP contribution < -0.4 is 34.9 Å². The molecule has 0 saturated carbocycles. The Balaban J connectivity index is 0.000000249. The molecule has 0 spiro atoms. The van der Waals surface area contributed by atoms with E-state index in [1.807, 2.05) is 137 Å². The number of thioether (sulfide) groups is 2. The predicted molar refractivity (Wildman–Crippen MR) is 373 cm³/mol. The first-order valence-corrected chi connectivity index (χ1v) is 33.6. The van der Waals surface area contributed by atoms with Crippen LogP contribution in [0.15, 0.2) is 168 Å². The number of ether oxygens (including phenoxy) is 4. The summed E-state index contributed by atoms with van der Waals surface area (Å²) in [6.45, 7) is 27.2. The van der Waals surface area contributed by atoms with E-state index in [2.05, 4.69) is 58.8 Å². The number of aromatic nitrogens is 8. The number of hydrogen-bond donors (Lipinski definition) is 3. The lowest BCUT2D eigenvalue weighted by atomic mass is 9.87. The number of hydrogen-bond acceptors (Lipinski definition) is 17. The fourth-order valence-corrected chi connectivity index (χ4v) is 11.3. The minimum Gasteiger partial charge on any atom is -0.480 e. The van der Waals surface area contributed by atoms with Crippen molar-refractivity contribution in [1.82, 2.24) is 40.4 Å². The van der Waals surface area contributed by atoms with E-state index in [0.29, 0.717) is 69.4 Å². The SMILES string of the molecule is CCC(Oc1ccc(C)cc1C)C(=O)Nc1ccc(Cl)c(NC(=O)C(Oc2ccc(CSc3nnnn3-c3ccccc3)cc2)C(=O)C(C)(C)C)c1.[C-]#[N+]C(Oc1ccc(CSc2nnnn2CCCC)cc1)C(=O)c1ccc(NC(=O)C(CC)Oc2ccc(C)cc2C)cc1. The molecule has 0 fully saturated rings. The number of nitrogens with one attached hydrogen (secondary N) is 3. The number of carbonyl (C=O) groups excluding carboxylic acids is 5. The number of halogens is 1. The second-order valence-corrected chi connectivity index (χ2v) is 25.8. The highest BCUT2D eigenvalue weighted by atomic mass is 35.5. The van der Waals surface area contributed by atoms with Crippen LogP contribution >= 0.6 is 35.1 Å². The number of tetrazole rings is 2. The van der Waals surface area contributed by atoms with Crippen molar-refractivity contribution in [3.8, 4) is 28.7 Å². The fourth-order valence-electron chi connectivity index (χ4n) is 9.41. The van der Waals surface area contributed by atoms with Crippen molar-refractivity contribution >= 4 is 81.5 Å². The summed E-state index contributed by atoms with van der Waals surface area (Å²) >= 11 is 9.48. The molecule has 2 heterocycles. The molecule has 0 aliphatic heterocycles. The first kappa shape index (κ1) is 71.9. The highest BCUT2D eigenvalue weighted by Gasteiger charge is 2.37. The van der Waals surface area contributed by atoms with E-state index < -0.39 is 47.4 Å². The van der Waals surface area contributed by atoms with Gasteiger partial charge in [0.05, 0.1) is 16.4 Å². The molecule has 21 nitrogen and oxygen atoms in total. The van der Waals surface area contributed by atoms with Gasteiger partial charge >= 0.3 is 6.23 Å². The van der Waals surface area contributed by atoms with E-state index in [-0.39, 0.29) is 22.5 Å². The van der Waals surface area contributed by atoms with Crippen LogP contribution in [0.2, 0.25) is 5.02 Å². The van der Waals surface area contributed by atoms with Gasteiger partial charge < -0.3 is 34.9 Å². The molecule has 24 heteroatoms. The van der Waals surface area contributed by atoms with E-state index in [4.69, 9.17) is 37.1 Å². The number of carbonyl (C=O) groups is 5. The number of Topliss-reactive ketones (excluding diaryl/α,β-unsaturated/α-hetero) is 2. The second kappa shape index (κ2) is 34.5. The molecule has 96 heavy (non-hydrogen) atoms. The monoisotopic (exact) mass is 1350 g/mol. The third kappa shape index (κ3) is 20.3. The predicted octanol–water partition coefficient (Wildman–Crippen LogP) is 14.7. The summed E-state index contributed by atoms with van der Waals surface area (Å²) in [5.74, 6) is 1.03. The summed E-state index contributed by atoms with van der Waals surface area (Å²) in [6.07, 6.45) is -1.27. The van der Waals surface area contributed by atoms with Crippen molar-refractivity contribution in [2.24, 2.45) is 5.41 Å².